The zero-order chi connectivity index (χ0) is 15.0. The standard InChI is InChI=1S/C14H26F3NO2/c1-3-7-18-11-10-12(13(11)20-8-4-2)19-9-5-6-14(15,16)17/h11-13,18H,3-10H2,1-2H3. The number of halogens is 3. The van der Waals surface area contributed by atoms with Gasteiger partial charge in [-0.2, -0.15) is 13.2 Å². The molecule has 0 spiro atoms. The first kappa shape index (κ1) is 17.7. The Morgan fingerprint density at radius 1 is 1.10 bits per heavy atom. The Morgan fingerprint density at radius 2 is 1.85 bits per heavy atom. The molecule has 0 aromatic carbocycles. The lowest BCUT2D eigenvalue weighted by Gasteiger charge is -2.44. The number of rotatable bonds is 10. The minimum Gasteiger partial charge on any atom is -0.375 e. The fourth-order valence-corrected chi connectivity index (χ4v) is 2.26. The molecule has 0 bridgehead atoms. The van der Waals surface area contributed by atoms with Gasteiger partial charge in [0.15, 0.2) is 0 Å². The van der Waals surface area contributed by atoms with Crippen LogP contribution in [0.1, 0.15) is 46.0 Å². The fourth-order valence-electron chi connectivity index (χ4n) is 2.26. The first-order valence-corrected chi connectivity index (χ1v) is 7.51. The molecule has 1 aliphatic carbocycles. The van der Waals surface area contributed by atoms with Crippen molar-refractivity contribution < 1.29 is 22.6 Å². The summed E-state index contributed by atoms with van der Waals surface area (Å²) in [6, 6.07) is 0.272. The van der Waals surface area contributed by atoms with Crippen molar-refractivity contribution in [3.63, 3.8) is 0 Å². The Morgan fingerprint density at radius 3 is 2.45 bits per heavy atom. The van der Waals surface area contributed by atoms with E-state index in [0.29, 0.717) is 6.61 Å². The highest BCUT2D eigenvalue weighted by atomic mass is 19.4. The van der Waals surface area contributed by atoms with Crippen LogP contribution in [0, 0.1) is 0 Å². The molecule has 1 rings (SSSR count). The highest BCUT2D eigenvalue weighted by Gasteiger charge is 2.42. The van der Waals surface area contributed by atoms with Crippen molar-refractivity contribution in [1.82, 2.24) is 5.32 Å². The van der Waals surface area contributed by atoms with Crippen molar-refractivity contribution in [2.75, 3.05) is 19.8 Å². The molecular formula is C14H26F3NO2. The van der Waals surface area contributed by atoms with Gasteiger partial charge in [-0.1, -0.05) is 13.8 Å². The number of alkyl halides is 3. The molecule has 20 heavy (non-hydrogen) atoms. The van der Waals surface area contributed by atoms with Crippen LogP contribution in [0.2, 0.25) is 0 Å². The van der Waals surface area contributed by atoms with Crippen LogP contribution < -0.4 is 5.32 Å². The molecular weight excluding hydrogens is 271 g/mol. The van der Waals surface area contributed by atoms with Crippen molar-refractivity contribution in [2.45, 2.75) is 70.4 Å². The first-order chi connectivity index (χ1) is 9.48. The van der Waals surface area contributed by atoms with E-state index in [-0.39, 0.29) is 31.3 Å². The van der Waals surface area contributed by atoms with Gasteiger partial charge in [0.25, 0.3) is 0 Å². The van der Waals surface area contributed by atoms with Gasteiger partial charge < -0.3 is 14.8 Å². The molecule has 1 saturated carbocycles. The summed E-state index contributed by atoms with van der Waals surface area (Å²) in [6.45, 7) is 5.87. The quantitative estimate of drug-likeness (QED) is 0.628. The molecule has 0 radical (unpaired) electrons. The zero-order valence-electron chi connectivity index (χ0n) is 12.3. The van der Waals surface area contributed by atoms with Gasteiger partial charge in [-0.25, -0.2) is 0 Å². The van der Waals surface area contributed by atoms with E-state index in [1.807, 2.05) is 6.92 Å². The summed E-state index contributed by atoms with van der Waals surface area (Å²) in [5.41, 5.74) is 0. The van der Waals surface area contributed by atoms with E-state index in [9.17, 15) is 13.2 Å². The number of ether oxygens (including phenoxy) is 2. The number of hydrogen-bond donors (Lipinski definition) is 1. The summed E-state index contributed by atoms with van der Waals surface area (Å²) in [5, 5.41) is 3.39. The van der Waals surface area contributed by atoms with E-state index >= 15 is 0 Å². The van der Waals surface area contributed by atoms with Crippen LogP contribution >= 0.6 is 0 Å². The lowest BCUT2D eigenvalue weighted by Crippen LogP contribution is -2.60. The highest BCUT2D eigenvalue weighted by Crippen LogP contribution is 2.28. The van der Waals surface area contributed by atoms with Gasteiger partial charge in [0.05, 0.1) is 12.2 Å². The molecule has 1 aliphatic rings. The summed E-state index contributed by atoms with van der Waals surface area (Å²) >= 11 is 0. The van der Waals surface area contributed by atoms with Crippen molar-refractivity contribution in [1.29, 1.82) is 0 Å². The summed E-state index contributed by atoms with van der Waals surface area (Å²) in [5.74, 6) is 0. The summed E-state index contributed by atoms with van der Waals surface area (Å²) in [7, 11) is 0. The molecule has 6 heteroatoms. The average Bonchev–Trinajstić information content (AvgIpc) is 2.35. The van der Waals surface area contributed by atoms with Crippen LogP contribution in [-0.2, 0) is 9.47 Å². The summed E-state index contributed by atoms with van der Waals surface area (Å²) < 4.78 is 47.4. The second-order valence-electron chi connectivity index (χ2n) is 5.26. The van der Waals surface area contributed by atoms with Gasteiger partial charge in [0.2, 0.25) is 0 Å². The van der Waals surface area contributed by atoms with E-state index < -0.39 is 12.6 Å². The number of hydrogen-bond acceptors (Lipinski definition) is 3. The average molecular weight is 297 g/mol. The zero-order valence-corrected chi connectivity index (χ0v) is 12.3. The Balaban J connectivity index is 2.23. The van der Waals surface area contributed by atoms with E-state index in [4.69, 9.17) is 9.47 Å². The van der Waals surface area contributed by atoms with E-state index in [2.05, 4.69) is 12.2 Å². The Bertz CT molecular complexity index is 261. The summed E-state index contributed by atoms with van der Waals surface area (Å²) in [4.78, 5) is 0. The van der Waals surface area contributed by atoms with E-state index in [1.165, 1.54) is 0 Å². The van der Waals surface area contributed by atoms with Crippen LogP contribution in [-0.4, -0.2) is 44.2 Å². The minimum atomic E-state index is -4.09. The lowest BCUT2D eigenvalue weighted by molar-refractivity contribution is -0.159. The van der Waals surface area contributed by atoms with Gasteiger partial charge in [-0.05, 0) is 32.2 Å². The van der Waals surface area contributed by atoms with Crippen molar-refractivity contribution in [3.8, 4) is 0 Å². The maximum absolute atomic E-state index is 12.0. The predicted octanol–water partition coefficient (Wildman–Crippen LogP) is 3.28. The molecule has 3 nitrogen and oxygen atoms in total. The molecule has 1 N–H and O–H groups in total. The SMILES string of the molecule is CCCNC1CC(OCCCC(F)(F)F)C1OCCC. The van der Waals surface area contributed by atoms with Crippen molar-refractivity contribution in [2.24, 2.45) is 0 Å². The van der Waals surface area contributed by atoms with Gasteiger partial charge in [-0.3, -0.25) is 0 Å². The molecule has 120 valence electrons. The third-order valence-electron chi connectivity index (χ3n) is 3.36. The maximum atomic E-state index is 12.0. The molecule has 0 amide bonds. The molecule has 1 fully saturated rings. The normalized spacial score (nSPS) is 26.6. The summed E-state index contributed by atoms with van der Waals surface area (Å²) in [6.07, 6.45) is -2.14. The number of nitrogens with one attached hydrogen (secondary N) is 1. The molecule has 0 aromatic heterocycles. The van der Waals surface area contributed by atoms with Crippen LogP contribution in [0.25, 0.3) is 0 Å². The third-order valence-corrected chi connectivity index (χ3v) is 3.36. The monoisotopic (exact) mass is 297 g/mol. The van der Waals surface area contributed by atoms with Crippen LogP contribution in [0.15, 0.2) is 0 Å². The molecule has 0 aromatic rings. The Hall–Kier alpha value is -0.330. The smallest absolute Gasteiger partial charge is 0.375 e. The second-order valence-corrected chi connectivity index (χ2v) is 5.26. The first-order valence-electron chi connectivity index (χ1n) is 7.51. The van der Waals surface area contributed by atoms with Gasteiger partial charge in [0.1, 0.15) is 0 Å². The Kier molecular flexibility index (Phi) is 7.84. The van der Waals surface area contributed by atoms with Crippen molar-refractivity contribution >= 4 is 0 Å². The van der Waals surface area contributed by atoms with Crippen LogP contribution in [0.4, 0.5) is 13.2 Å². The molecule has 3 atom stereocenters. The van der Waals surface area contributed by atoms with Gasteiger partial charge in [0, 0.05) is 25.7 Å². The fraction of sp³-hybridized carbons (Fsp3) is 1.00. The van der Waals surface area contributed by atoms with Crippen LogP contribution in [0.5, 0.6) is 0 Å². The largest absolute Gasteiger partial charge is 0.389 e. The van der Waals surface area contributed by atoms with Crippen LogP contribution in [0.3, 0.4) is 0 Å². The topological polar surface area (TPSA) is 30.5 Å². The highest BCUT2D eigenvalue weighted by molar-refractivity contribution is 4.97. The Labute approximate surface area is 119 Å². The van der Waals surface area contributed by atoms with Gasteiger partial charge >= 0.3 is 6.18 Å². The second kappa shape index (κ2) is 8.85. The molecule has 3 unspecified atom stereocenters. The third kappa shape index (κ3) is 6.41. The lowest BCUT2D eigenvalue weighted by atomic mass is 9.85. The molecule has 0 saturated heterocycles. The van der Waals surface area contributed by atoms with E-state index in [0.717, 1.165) is 25.8 Å². The van der Waals surface area contributed by atoms with Crippen molar-refractivity contribution in [3.05, 3.63) is 0 Å². The van der Waals surface area contributed by atoms with E-state index in [1.54, 1.807) is 0 Å². The maximum Gasteiger partial charge on any atom is 0.389 e. The minimum absolute atomic E-state index is 0.0209. The molecule has 0 heterocycles. The van der Waals surface area contributed by atoms with Gasteiger partial charge in [-0.15, -0.1) is 0 Å². The predicted molar refractivity (Wildman–Crippen MR) is 71.8 cm³/mol. The molecule has 0 aliphatic heterocycles.